The quantitative estimate of drug-likeness (QED) is 0.150. The van der Waals surface area contributed by atoms with Gasteiger partial charge in [-0.25, -0.2) is 15.4 Å². The highest BCUT2D eigenvalue weighted by Crippen LogP contribution is 2.36. The molecule has 2 amide bonds. The fourth-order valence-corrected chi connectivity index (χ4v) is 4.34. The Hall–Kier alpha value is -3.44. The summed E-state index contributed by atoms with van der Waals surface area (Å²) in [7, 11) is 0. The van der Waals surface area contributed by atoms with Crippen LogP contribution in [0.25, 0.3) is 0 Å². The second-order valence-electron chi connectivity index (χ2n) is 7.48. The van der Waals surface area contributed by atoms with Gasteiger partial charge in [0.05, 0.1) is 23.0 Å². The van der Waals surface area contributed by atoms with E-state index in [2.05, 4.69) is 41.7 Å². The summed E-state index contributed by atoms with van der Waals surface area (Å²) in [6, 6.07) is 14.5. The number of anilines is 1. The lowest BCUT2D eigenvalue weighted by atomic mass is 10.2. The Morgan fingerprint density at radius 3 is 2.47 bits per heavy atom. The Labute approximate surface area is 222 Å². The number of ether oxygens (including phenoxy) is 2. The third kappa shape index (κ3) is 8.65. The molecule has 2 N–H and O–H groups in total. The molecule has 1 heterocycles. The van der Waals surface area contributed by atoms with Crippen molar-refractivity contribution in [3.63, 3.8) is 0 Å². The standard InChI is InChI=1S/C25H26BrN5O4S/c1-4-34-21-12-18(13-27-31-23(33)15-36-25-28-16(2)10-17(3)29-25)11-20(26)24(21)35-14-22(32)30-19-8-6-5-7-9-19/h5-13H,4,14-15H2,1-3H3,(H,30,32)(H,31,33)/b27-13-. The summed E-state index contributed by atoms with van der Waals surface area (Å²) in [6.45, 7) is 5.81. The van der Waals surface area contributed by atoms with Crippen molar-refractivity contribution in [2.45, 2.75) is 25.9 Å². The van der Waals surface area contributed by atoms with Crippen molar-refractivity contribution >= 4 is 51.4 Å². The normalized spacial score (nSPS) is 10.8. The number of rotatable bonds is 11. The zero-order chi connectivity index (χ0) is 25.9. The van der Waals surface area contributed by atoms with Crippen LogP contribution in [0.4, 0.5) is 5.69 Å². The highest BCUT2D eigenvalue weighted by molar-refractivity contribution is 9.10. The minimum atomic E-state index is -0.298. The molecule has 0 aliphatic heterocycles. The molecule has 3 aromatic rings. The van der Waals surface area contributed by atoms with Gasteiger partial charge in [0, 0.05) is 17.1 Å². The topological polar surface area (TPSA) is 115 Å². The smallest absolute Gasteiger partial charge is 0.262 e. The van der Waals surface area contributed by atoms with Crippen LogP contribution in [0.3, 0.4) is 0 Å². The molecular weight excluding hydrogens is 546 g/mol. The molecule has 0 spiro atoms. The van der Waals surface area contributed by atoms with E-state index in [0.717, 1.165) is 11.4 Å². The Kier molecular flexibility index (Phi) is 10.3. The first-order valence-electron chi connectivity index (χ1n) is 11.0. The van der Waals surface area contributed by atoms with Crippen LogP contribution in [0.1, 0.15) is 23.9 Å². The number of carbonyl (C=O) groups excluding carboxylic acids is 2. The summed E-state index contributed by atoms with van der Waals surface area (Å²) in [5.41, 5.74) is 5.54. The number of hydrogen-bond donors (Lipinski definition) is 2. The van der Waals surface area contributed by atoms with E-state index in [9.17, 15) is 9.59 Å². The number of aromatic nitrogens is 2. The molecule has 0 radical (unpaired) electrons. The first kappa shape index (κ1) is 27.2. The van der Waals surface area contributed by atoms with Gasteiger partial charge in [0.25, 0.3) is 11.8 Å². The predicted octanol–water partition coefficient (Wildman–Crippen LogP) is 4.51. The number of amides is 2. The lowest BCUT2D eigenvalue weighted by Crippen LogP contribution is -2.20. The number of aryl methyl sites for hydroxylation is 2. The number of hydrogen-bond acceptors (Lipinski definition) is 8. The van der Waals surface area contributed by atoms with Crippen molar-refractivity contribution in [3.8, 4) is 11.5 Å². The Balaban J connectivity index is 1.57. The zero-order valence-electron chi connectivity index (χ0n) is 20.1. The fraction of sp³-hybridized carbons (Fsp3) is 0.240. The number of benzene rings is 2. The SMILES string of the molecule is CCOc1cc(/C=N\NC(=O)CSc2nc(C)cc(C)n2)cc(Br)c1OCC(=O)Nc1ccccc1. The molecule has 1 aromatic heterocycles. The summed E-state index contributed by atoms with van der Waals surface area (Å²) >= 11 is 4.71. The summed E-state index contributed by atoms with van der Waals surface area (Å²) in [5, 5.41) is 7.34. The molecule has 0 saturated heterocycles. The molecule has 2 aromatic carbocycles. The van der Waals surface area contributed by atoms with Gasteiger partial charge in [0.1, 0.15) is 0 Å². The van der Waals surface area contributed by atoms with Gasteiger partial charge in [-0.3, -0.25) is 9.59 Å². The molecular formula is C25H26BrN5O4S. The van der Waals surface area contributed by atoms with Crippen LogP contribution in [-0.2, 0) is 9.59 Å². The van der Waals surface area contributed by atoms with Gasteiger partial charge in [-0.05, 0) is 72.6 Å². The molecule has 0 fully saturated rings. The molecule has 0 aliphatic rings. The Bertz CT molecular complexity index is 1220. The first-order valence-corrected chi connectivity index (χ1v) is 12.8. The van der Waals surface area contributed by atoms with Gasteiger partial charge in [-0.1, -0.05) is 30.0 Å². The number of para-hydroxylation sites is 1. The number of halogens is 1. The van der Waals surface area contributed by atoms with Gasteiger partial charge in [0.15, 0.2) is 23.3 Å². The largest absolute Gasteiger partial charge is 0.490 e. The Morgan fingerprint density at radius 2 is 1.78 bits per heavy atom. The summed E-state index contributed by atoms with van der Waals surface area (Å²) in [6.07, 6.45) is 1.50. The van der Waals surface area contributed by atoms with Crippen molar-refractivity contribution in [3.05, 3.63) is 70.0 Å². The van der Waals surface area contributed by atoms with Gasteiger partial charge in [-0.15, -0.1) is 0 Å². The summed E-state index contributed by atoms with van der Waals surface area (Å²) in [5.74, 6) is 0.382. The number of nitrogens with zero attached hydrogens (tertiary/aromatic N) is 3. The van der Waals surface area contributed by atoms with E-state index >= 15 is 0 Å². The maximum atomic E-state index is 12.3. The molecule has 0 saturated carbocycles. The second-order valence-corrected chi connectivity index (χ2v) is 9.28. The third-order valence-electron chi connectivity index (χ3n) is 4.43. The number of carbonyl (C=O) groups is 2. The molecule has 9 nitrogen and oxygen atoms in total. The lowest BCUT2D eigenvalue weighted by molar-refractivity contribution is -0.119. The number of nitrogens with one attached hydrogen (secondary N) is 2. The van der Waals surface area contributed by atoms with Crippen LogP contribution in [0, 0.1) is 13.8 Å². The van der Waals surface area contributed by atoms with Crippen molar-refractivity contribution < 1.29 is 19.1 Å². The highest BCUT2D eigenvalue weighted by atomic mass is 79.9. The average molecular weight is 572 g/mol. The van der Waals surface area contributed by atoms with Gasteiger partial charge in [0.2, 0.25) is 0 Å². The molecule has 188 valence electrons. The molecule has 36 heavy (non-hydrogen) atoms. The van der Waals surface area contributed by atoms with Gasteiger partial charge in [-0.2, -0.15) is 5.10 Å². The minimum absolute atomic E-state index is 0.131. The van der Waals surface area contributed by atoms with Crippen LogP contribution >= 0.6 is 27.7 Å². The predicted molar refractivity (Wildman–Crippen MR) is 144 cm³/mol. The minimum Gasteiger partial charge on any atom is -0.490 e. The van der Waals surface area contributed by atoms with Gasteiger partial charge < -0.3 is 14.8 Å². The van der Waals surface area contributed by atoms with Crippen LogP contribution in [0.2, 0.25) is 0 Å². The van der Waals surface area contributed by atoms with Crippen molar-refractivity contribution in [2.24, 2.45) is 5.10 Å². The van der Waals surface area contributed by atoms with Crippen LogP contribution < -0.4 is 20.2 Å². The maximum absolute atomic E-state index is 12.3. The number of hydrazone groups is 1. The van der Waals surface area contributed by atoms with E-state index in [4.69, 9.17) is 9.47 Å². The van der Waals surface area contributed by atoms with Crippen molar-refractivity contribution in [1.29, 1.82) is 0 Å². The Morgan fingerprint density at radius 1 is 1.06 bits per heavy atom. The monoisotopic (exact) mass is 571 g/mol. The third-order valence-corrected chi connectivity index (χ3v) is 5.87. The number of thioether (sulfide) groups is 1. The lowest BCUT2D eigenvalue weighted by Gasteiger charge is -2.14. The van der Waals surface area contributed by atoms with E-state index in [1.165, 1.54) is 18.0 Å². The van der Waals surface area contributed by atoms with E-state index in [1.807, 2.05) is 45.0 Å². The van der Waals surface area contributed by atoms with Crippen molar-refractivity contribution in [2.75, 3.05) is 24.3 Å². The summed E-state index contributed by atoms with van der Waals surface area (Å²) < 4.78 is 12.0. The van der Waals surface area contributed by atoms with E-state index in [0.29, 0.717) is 39.0 Å². The van der Waals surface area contributed by atoms with E-state index < -0.39 is 0 Å². The maximum Gasteiger partial charge on any atom is 0.262 e. The first-order chi connectivity index (χ1) is 17.3. The molecule has 0 aliphatic carbocycles. The van der Waals surface area contributed by atoms with Crippen LogP contribution in [0.15, 0.2) is 63.3 Å². The van der Waals surface area contributed by atoms with Crippen molar-refractivity contribution in [1.82, 2.24) is 15.4 Å². The van der Waals surface area contributed by atoms with Gasteiger partial charge >= 0.3 is 0 Å². The molecule has 0 unspecified atom stereocenters. The molecule has 3 rings (SSSR count). The fourth-order valence-electron chi connectivity index (χ4n) is 3.02. The summed E-state index contributed by atoms with van der Waals surface area (Å²) in [4.78, 5) is 33.0. The average Bonchev–Trinajstić information content (AvgIpc) is 2.82. The van der Waals surface area contributed by atoms with E-state index in [-0.39, 0.29) is 24.2 Å². The second kappa shape index (κ2) is 13.6. The zero-order valence-corrected chi connectivity index (χ0v) is 22.5. The van der Waals surface area contributed by atoms with Crippen LogP contribution in [-0.4, -0.2) is 47.0 Å². The molecule has 0 atom stereocenters. The van der Waals surface area contributed by atoms with Crippen LogP contribution in [0.5, 0.6) is 11.5 Å². The molecule has 11 heteroatoms. The molecule has 0 bridgehead atoms. The van der Waals surface area contributed by atoms with E-state index in [1.54, 1.807) is 24.3 Å². The highest BCUT2D eigenvalue weighted by Gasteiger charge is 2.14.